The summed E-state index contributed by atoms with van der Waals surface area (Å²) >= 11 is 1.06. The van der Waals surface area contributed by atoms with Crippen LogP contribution < -0.4 is 4.74 Å². The second-order valence-corrected chi connectivity index (χ2v) is 6.61. The smallest absolute Gasteiger partial charge is 0.268 e. The molecule has 0 saturated carbocycles. The minimum Gasteiger partial charge on any atom is -0.433 e. The van der Waals surface area contributed by atoms with Gasteiger partial charge in [0.15, 0.2) is 0 Å². The lowest BCUT2D eigenvalue weighted by Gasteiger charge is -2.04. The van der Waals surface area contributed by atoms with Crippen LogP contribution >= 0.6 is 11.8 Å². The largest absolute Gasteiger partial charge is 0.433 e. The number of benzene rings is 1. The third kappa shape index (κ3) is 3.71. The Bertz CT molecular complexity index is 621. The van der Waals surface area contributed by atoms with Gasteiger partial charge >= 0.3 is 0 Å². The lowest BCUT2D eigenvalue weighted by atomic mass is 10.1. The van der Waals surface area contributed by atoms with Gasteiger partial charge in [0.1, 0.15) is 17.9 Å². The van der Waals surface area contributed by atoms with E-state index in [4.69, 9.17) is 4.74 Å². The van der Waals surface area contributed by atoms with Gasteiger partial charge in [0.25, 0.3) is 15.3 Å². The summed E-state index contributed by atoms with van der Waals surface area (Å²) in [4.78, 5) is 4.69. The maximum atomic E-state index is 11.1. The summed E-state index contributed by atoms with van der Waals surface area (Å²) in [6.07, 6.45) is 0. The van der Waals surface area contributed by atoms with Gasteiger partial charge in [-0.1, -0.05) is 5.16 Å². The van der Waals surface area contributed by atoms with E-state index in [9.17, 15) is 8.42 Å². The molecule has 1 aromatic carbocycles. The van der Waals surface area contributed by atoms with Crippen molar-refractivity contribution in [1.29, 1.82) is 0 Å². The van der Waals surface area contributed by atoms with E-state index in [-0.39, 0.29) is 10.3 Å². The van der Waals surface area contributed by atoms with Gasteiger partial charge in [-0.3, -0.25) is 0 Å². The summed E-state index contributed by atoms with van der Waals surface area (Å²) in [6, 6.07) is 7.06. The van der Waals surface area contributed by atoms with Crippen LogP contribution in [0.2, 0.25) is 0 Å². The third-order valence-corrected chi connectivity index (χ3v) is 4.89. The first-order valence-corrected chi connectivity index (χ1v) is 7.91. The Kier molecular flexibility index (Phi) is 4.11. The Morgan fingerprint density at radius 2 is 2.05 bits per heavy atom. The molecule has 0 spiro atoms. The zero-order chi connectivity index (χ0) is 13.9. The van der Waals surface area contributed by atoms with Gasteiger partial charge in [0.2, 0.25) is 0 Å². The summed E-state index contributed by atoms with van der Waals surface area (Å²) < 4.78 is 31.1. The van der Waals surface area contributed by atoms with E-state index in [2.05, 4.69) is 14.4 Å². The van der Waals surface area contributed by atoms with Gasteiger partial charge in [-0.25, -0.2) is 8.42 Å². The van der Waals surface area contributed by atoms with Crippen LogP contribution in [0.15, 0.2) is 33.8 Å². The van der Waals surface area contributed by atoms with Crippen molar-refractivity contribution in [1.82, 2.24) is 0 Å². The molecule has 1 heterocycles. The van der Waals surface area contributed by atoms with E-state index in [1.54, 1.807) is 12.1 Å². The molecule has 0 fully saturated rings. The molecule has 1 aromatic rings. The van der Waals surface area contributed by atoms with Crippen LogP contribution in [0.4, 0.5) is 0 Å². The van der Waals surface area contributed by atoms with E-state index in [1.165, 1.54) is 7.11 Å². The molecule has 0 amide bonds. The van der Waals surface area contributed by atoms with Gasteiger partial charge in [-0.2, -0.15) is 0 Å². The number of oxime groups is 1. The fourth-order valence-electron chi connectivity index (χ4n) is 1.39. The monoisotopic (exact) mass is 300 g/mol. The molecule has 1 aliphatic rings. The van der Waals surface area contributed by atoms with Crippen LogP contribution in [0.3, 0.4) is 0 Å². The SMILES string of the molecule is CON=C(C)c1ccc(OC2=NS(=O)(=O)CS2)cc1. The number of hydrogen-bond acceptors (Lipinski definition) is 6. The molecule has 0 saturated heterocycles. The van der Waals surface area contributed by atoms with Crippen molar-refractivity contribution >= 4 is 32.7 Å². The van der Waals surface area contributed by atoms with Crippen molar-refractivity contribution in [3.8, 4) is 5.75 Å². The van der Waals surface area contributed by atoms with Gasteiger partial charge in [-0.15, -0.1) is 4.40 Å². The molecule has 2 rings (SSSR count). The molecule has 0 aromatic heterocycles. The van der Waals surface area contributed by atoms with Crippen LogP contribution in [0.5, 0.6) is 5.75 Å². The molecule has 19 heavy (non-hydrogen) atoms. The van der Waals surface area contributed by atoms with E-state index >= 15 is 0 Å². The normalized spacial score (nSPS) is 18.0. The fraction of sp³-hybridized carbons (Fsp3) is 0.273. The Hall–Kier alpha value is -1.54. The number of ether oxygens (including phenoxy) is 1. The number of sulfonamides is 1. The van der Waals surface area contributed by atoms with E-state index in [0.717, 1.165) is 23.0 Å². The zero-order valence-electron chi connectivity index (χ0n) is 10.4. The second kappa shape index (κ2) is 5.62. The van der Waals surface area contributed by atoms with Crippen LogP contribution in [0.1, 0.15) is 12.5 Å². The highest BCUT2D eigenvalue weighted by atomic mass is 32.3. The van der Waals surface area contributed by atoms with E-state index < -0.39 is 10.0 Å². The average molecular weight is 300 g/mol. The standard InChI is InChI=1S/C11H12N2O4S2/c1-8(12-16-2)9-3-5-10(6-4-9)17-11-13-19(14,15)7-18-11/h3-6H,7H2,1-2H3. The van der Waals surface area contributed by atoms with Crippen molar-refractivity contribution in [2.24, 2.45) is 9.55 Å². The Morgan fingerprint density at radius 1 is 1.37 bits per heavy atom. The molecule has 0 aliphatic carbocycles. The van der Waals surface area contributed by atoms with E-state index in [0.29, 0.717) is 5.75 Å². The first-order valence-electron chi connectivity index (χ1n) is 5.32. The van der Waals surface area contributed by atoms with Crippen LogP contribution in [0, 0.1) is 0 Å². The van der Waals surface area contributed by atoms with Crippen molar-refractivity contribution in [3.05, 3.63) is 29.8 Å². The maximum Gasteiger partial charge on any atom is 0.268 e. The fourth-order valence-corrected chi connectivity index (χ4v) is 3.57. The van der Waals surface area contributed by atoms with Crippen molar-refractivity contribution < 1.29 is 18.0 Å². The van der Waals surface area contributed by atoms with Crippen molar-refractivity contribution in [3.63, 3.8) is 0 Å². The van der Waals surface area contributed by atoms with Gasteiger partial charge in [0.05, 0.1) is 5.71 Å². The van der Waals surface area contributed by atoms with Gasteiger partial charge in [0, 0.05) is 0 Å². The van der Waals surface area contributed by atoms with Crippen molar-refractivity contribution in [2.75, 3.05) is 12.2 Å². The molecule has 1 aliphatic heterocycles. The summed E-state index contributed by atoms with van der Waals surface area (Å²) in [5.74, 6) is 0.525. The van der Waals surface area contributed by atoms with Crippen molar-refractivity contribution in [2.45, 2.75) is 6.92 Å². The Morgan fingerprint density at radius 3 is 2.58 bits per heavy atom. The lowest BCUT2D eigenvalue weighted by molar-refractivity contribution is 0.213. The first kappa shape index (κ1) is 13.9. The first-order chi connectivity index (χ1) is 9.00. The molecule has 0 N–H and O–H groups in total. The Labute approximate surface area is 115 Å². The number of thioether (sulfide) groups is 1. The molecule has 0 radical (unpaired) electrons. The Balaban J connectivity index is 2.10. The number of hydrogen-bond donors (Lipinski definition) is 0. The van der Waals surface area contributed by atoms with Gasteiger partial charge in [-0.05, 0) is 48.5 Å². The van der Waals surface area contributed by atoms with Gasteiger partial charge < -0.3 is 9.57 Å². The third-order valence-electron chi connectivity index (χ3n) is 2.25. The highest BCUT2D eigenvalue weighted by molar-refractivity contribution is 8.24. The molecule has 0 atom stereocenters. The quantitative estimate of drug-likeness (QED) is 0.628. The zero-order valence-corrected chi connectivity index (χ0v) is 12.0. The minimum absolute atomic E-state index is 0.0694. The minimum atomic E-state index is -3.35. The highest BCUT2D eigenvalue weighted by Gasteiger charge is 2.22. The summed E-state index contributed by atoms with van der Waals surface area (Å²) in [6.45, 7) is 1.82. The summed E-state index contributed by atoms with van der Waals surface area (Å²) in [5, 5.41) is 3.89. The lowest BCUT2D eigenvalue weighted by Crippen LogP contribution is -2.01. The number of rotatable bonds is 3. The summed E-state index contributed by atoms with van der Waals surface area (Å²) in [7, 11) is -1.87. The van der Waals surface area contributed by atoms with Crippen LogP contribution in [0.25, 0.3) is 0 Å². The molecule has 0 bridgehead atoms. The molecule has 6 nitrogen and oxygen atoms in total. The molecule has 102 valence electrons. The molecular weight excluding hydrogens is 288 g/mol. The molecular formula is C11H12N2O4S2. The predicted octanol–water partition coefficient (Wildman–Crippen LogP) is 1.83. The topological polar surface area (TPSA) is 77.3 Å². The number of nitrogens with zero attached hydrogens (tertiary/aromatic N) is 2. The van der Waals surface area contributed by atoms with E-state index in [1.807, 2.05) is 19.1 Å². The average Bonchev–Trinajstić information content (AvgIpc) is 2.70. The second-order valence-electron chi connectivity index (χ2n) is 3.69. The molecule has 0 unspecified atom stereocenters. The molecule has 8 heteroatoms. The summed E-state index contributed by atoms with van der Waals surface area (Å²) in [5.41, 5.74) is 1.63. The maximum absolute atomic E-state index is 11.1. The highest BCUT2D eigenvalue weighted by Crippen LogP contribution is 2.23. The van der Waals surface area contributed by atoms with Crippen LogP contribution in [-0.2, 0) is 14.9 Å². The van der Waals surface area contributed by atoms with Crippen LogP contribution in [-0.4, -0.2) is 31.6 Å². The predicted molar refractivity (Wildman–Crippen MR) is 75.1 cm³/mol.